The standard InChI is InChI=1S/C10H9Cl2NO3/c11-5-9(14)13-10(15)16-6-7-2-1-3-8(12)4-7/h1-4H,5-6H2,(H,13,14,15). The van der Waals surface area contributed by atoms with E-state index in [4.69, 9.17) is 27.9 Å². The molecular weight excluding hydrogens is 253 g/mol. The second kappa shape index (κ2) is 6.35. The third-order valence-corrected chi connectivity index (χ3v) is 2.10. The number of alkyl halides is 1. The Morgan fingerprint density at radius 2 is 2.12 bits per heavy atom. The summed E-state index contributed by atoms with van der Waals surface area (Å²) in [5.74, 6) is -0.885. The average Bonchev–Trinajstić information content (AvgIpc) is 2.26. The van der Waals surface area contributed by atoms with Crippen LogP contribution in [-0.4, -0.2) is 17.9 Å². The van der Waals surface area contributed by atoms with Crippen LogP contribution in [0.3, 0.4) is 0 Å². The highest BCUT2D eigenvalue weighted by atomic mass is 35.5. The van der Waals surface area contributed by atoms with Gasteiger partial charge < -0.3 is 4.74 Å². The first kappa shape index (κ1) is 12.8. The van der Waals surface area contributed by atoms with Crippen LogP contribution in [0.4, 0.5) is 4.79 Å². The zero-order valence-corrected chi connectivity index (χ0v) is 9.72. The largest absolute Gasteiger partial charge is 0.444 e. The molecule has 1 rings (SSSR count). The van der Waals surface area contributed by atoms with Crippen molar-refractivity contribution in [3.63, 3.8) is 0 Å². The number of hydrogen-bond donors (Lipinski definition) is 1. The molecule has 0 bridgehead atoms. The number of carbonyl (C=O) groups is 2. The summed E-state index contributed by atoms with van der Waals surface area (Å²) in [6.07, 6.45) is -0.828. The summed E-state index contributed by atoms with van der Waals surface area (Å²) in [4.78, 5) is 21.7. The Morgan fingerprint density at radius 3 is 2.75 bits per heavy atom. The van der Waals surface area contributed by atoms with Gasteiger partial charge in [-0.1, -0.05) is 23.7 Å². The number of amides is 2. The Bertz CT molecular complexity index is 395. The lowest BCUT2D eigenvalue weighted by atomic mass is 10.2. The molecule has 0 aromatic heterocycles. The van der Waals surface area contributed by atoms with Gasteiger partial charge in [0.2, 0.25) is 5.91 Å². The van der Waals surface area contributed by atoms with Gasteiger partial charge in [-0.15, -0.1) is 11.6 Å². The van der Waals surface area contributed by atoms with Gasteiger partial charge in [0.05, 0.1) is 0 Å². The summed E-state index contributed by atoms with van der Waals surface area (Å²) < 4.78 is 4.77. The van der Waals surface area contributed by atoms with Crippen molar-refractivity contribution in [2.24, 2.45) is 0 Å². The van der Waals surface area contributed by atoms with Gasteiger partial charge in [0.1, 0.15) is 12.5 Å². The predicted molar refractivity (Wildman–Crippen MR) is 60.5 cm³/mol. The molecule has 0 saturated heterocycles. The molecule has 1 aromatic carbocycles. The molecule has 0 fully saturated rings. The topological polar surface area (TPSA) is 55.4 Å². The number of hydrogen-bond acceptors (Lipinski definition) is 3. The minimum Gasteiger partial charge on any atom is -0.444 e. The molecule has 1 N–H and O–H groups in total. The van der Waals surface area contributed by atoms with Crippen molar-refractivity contribution >= 4 is 35.2 Å². The van der Waals surface area contributed by atoms with Gasteiger partial charge in [0.25, 0.3) is 0 Å². The monoisotopic (exact) mass is 261 g/mol. The number of halogens is 2. The molecule has 0 radical (unpaired) electrons. The van der Waals surface area contributed by atoms with Crippen LogP contribution in [0, 0.1) is 0 Å². The third kappa shape index (κ3) is 4.51. The van der Waals surface area contributed by atoms with E-state index in [0.29, 0.717) is 5.02 Å². The van der Waals surface area contributed by atoms with Crippen LogP contribution < -0.4 is 5.32 Å². The lowest BCUT2D eigenvalue weighted by Crippen LogP contribution is -2.31. The highest BCUT2D eigenvalue weighted by Gasteiger charge is 2.07. The zero-order chi connectivity index (χ0) is 12.0. The summed E-state index contributed by atoms with van der Waals surface area (Å²) in [7, 11) is 0. The Labute approximate surface area is 102 Å². The number of imide groups is 1. The third-order valence-electron chi connectivity index (χ3n) is 1.62. The van der Waals surface area contributed by atoms with Gasteiger partial charge in [-0.3, -0.25) is 10.1 Å². The Hall–Kier alpha value is -1.26. The Kier molecular flexibility index (Phi) is 5.08. The van der Waals surface area contributed by atoms with E-state index < -0.39 is 12.0 Å². The summed E-state index contributed by atoms with van der Waals surface area (Å²) in [5.41, 5.74) is 0.737. The van der Waals surface area contributed by atoms with E-state index in [0.717, 1.165) is 5.56 Å². The SMILES string of the molecule is O=C(CCl)NC(=O)OCc1cccc(Cl)c1. The minimum absolute atomic E-state index is 0.0436. The van der Waals surface area contributed by atoms with Crippen LogP contribution >= 0.6 is 23.2 Å². The van der Waals surface area contributed by atoms with E-state index >= 15 is 0 Å². The number of carbonyl (C=O) groups excluding carboxylic acids is 2. The lowest BCUT2D eigenvalue weighted by Gasteiger charge is -2.05. The van der Waals surface area contributed by atoms with Crippen LogP contribution in [0.1, 0.15) is 5.56 Å². The molecular formula is C10H9Cl2NO3. The fraction of sp³-hybridized carbons (Fsp3) is 0.200. The smallest absolute Gasteiger partial charge is 0.414 e. The molecule has 0 unspecified atom stereocenters. The van der Waals surface area contributed by atoms with E-state index in [1.807, 2.05) is 5.32 Å². The summed E-state index contributed by atoms with van der Waals surface area (Å²) in [6.45, 7) is 0.0436. The number of benzene rings is 1. The molecule has 0 spiro atoms. The van der Waals surface area contributed by atoms with Gasteiger partial charge in [0.15, 0.2) is 0 Å². The van der Waals surface area contributed by atoms with Crippen molar-refractivity contribution in [1.29, 1.82) is 0 Å². The fourth-order valence-corrected chi connectivity index (χ4v) is 1.24. The normalized spacial score (nSPS) is 9.62. The number of ether oxygens (including phenoxy) is 1. The maximum Gasteiger partial charge on any atom is 0.414 e. The summed E-state index contributed by atoms with van der Waals surface area (Å²) >= 11 is 10.9. The van der Waals surface area contributed by atoms with E-state index in [-0.39, 0.29) is 12.5 Å². The number of alkyl carbamates (subject to hydrolysis) is 1. The van der Waals surface area contributed by atoms with Crippen molar-refractivity contribution in [3.05, 3.63) is 34.9 Å². The van der Waals surface area contributed by atoms with Crippen LogP contribution in [0.15, 0.2) is 24.3 Å². The molecule has 86 valence electrons. The van der Waals surface area contributed by atoms with Crippen molar-refractivity contribution in [1.82, 2.24) is 5.32 Å². The molecule has 2 amide bonds. The first-order valence-electron chi connectivity index (χ1n) is 4.39. The lowest BCUT2D eigenvalue weighted by molar-refractivity contribution is -0.118. The second-order valence-electron chi connectivity index (χ2n) is 2.89. The molecule has 0 heterocycles. The second-order valence-corrected chi connectivity index (χ2v) is 3.59. The van der Waals surface area contributed by atoms with Crippen molar-refractivity contribution in [3.8, 4) is 0 Å². The van der Waals surface area contributed by atoms with E-state index in [9.17, 15) is 9.59 Å². The molecule has 0 aliphatic heterocycles. The molecule has 0 aliphatic rings. The molecule has 0 atom stereocenters. The van der Waals surface area contributed by atoms with Crippen LogP contribution in [-0.2, 0) is 16.1 Å². The minimum atomic E-state index is -0.828. The molecule has 6 heteroatoms. The van der Waals surface area contributed by atoms with E-state index in [2.05, 4.69) is 0 Å². The Balaban J connectivity index is 2.40. The van der Waals surface area contributed by atoms with E-state index in [1.54, 1.807) is 24.3 Å². The van der Waals surface area contributed by atoms with Gasteiger partial charge in [-0.05, 0) is 17.7 Å². The summed E-state index contributed by atoms with van der Waals surface area (Å²) in [6, 6.07) is 6.87. The van der Waals surface area contributed by atoms with Gasteiger partial charge in [0, 0.05) is 5.02 Å². The first-order valence-corrected chi connectivity index (χ1v) is 5.30. The van der Waals surface area contributed by atoms with Crippen molar-refractivity contribution in [2.75, 3.05) is 5.88 Å². The van der Waals surface area contributed by atoms with Crippen molar-refractivity contribution in [2.45, 2.75) is 6.61 Å². The van der Waals surface area contributed by atoms with Gasteiger partial charge >= 0.3 is 6.09 Å². The van der Waals surface area contributed by atoms with Gasteiger partial charge in [-0.25, -0.2) is 4.79 Å². The van der Waals surface area contributed by atoms with Crippen LogP contribution in [0.5, 0.6) is 0 Å². The van der Waals surface area contributed by atoms with Crippen LogP contribution in [0.25, 0.3) is 0 Å². The maximum atomic E-state index is 11.0. The highest BCUT2D eigenvalue weighted by molar-refractivity contribution is 6.30. The maximum absolute atomic E-state index is 11.0. The number of rotatable bonds is 3. The Morgan fingerprint density at radius 1 is 1.38 bits per heavy atom. The van der Waals surface area contributed by atoms with E-state index in [1.165, 1.54) is 0 Å². The van der Waals surface area contributed by atoms with Crippen molar-refractivity contribution < 1.29 is 14.3 Å². The summed E-state index contributed by atoms with van der Waals surface area (Å²) in [5, 5.41) is 2.50. The average molecular weight is 262 g/mol. The van der Waals surface area contributed by atoms with Crippen LogP contribution in [0.2, 0.25) is 5.02 Å². The van der Waals surface area contributed by atoms with Gasteiger partial charge in [-0.2, -0.15) is 0 Å². The zero-order valence-electron chi connectivity index (χ0n) is 8.20. The molecule has 4 nitrogen and oxygen atoms in total. The number of nitrogens with one attached hydrogen (secondary N) is 1. The molecule has 16 heavy (non-hydrogen) atoms. The quantitative estimate of drug-likeness (QED) is 0.850. The predicted octanol–water partition coefficient (Wildman–Crippen LogP) is 2.33. The fourth-order valence-electron chi connectivity index (χ4n) is 0.959. The molecule has 0 aliphatic carbocycles. The molecule has 1 aromatic rings. The first-order chi connectivity index (χ1) is 7.61. The highest BCUT2D eigenvalue weighted by Crippen LogP contribution is 2.11. The molecule has 0 saturated carbocycles.